The second-order valence-electron chi connectivity index (χ2n) is 11.3. The summed E-state index contributed by atoms with van der Waals surface area (Å²) in [6.07, 6.45) is 0.242. The predicted molar refractivity (Wildman–Crippen MR) is 180 cm³/mol. The predicted octanol–water partition coefficient (Wildman–Crippen LogP) is 5.86. The molecule has 0 bridgehead atoms. The van der Waals surface area contributed by atoms with Crippen LogP contribution in [0.2, 0.25) is 18.1 Å². The van der Waals surface area contributed by atoms with Crippen molar-refractivity contribution in [2.24, 2.45) is 11.8 Å². The monoisotopic (exact) mass is 746 g/mol. The smallest absolute Gasteiger partial charge is 0.361 e. The van der Waals surface area contributed by atoms with Gasteiger partial charge < -0.3 is 23.9 Å². The number of aliphatic hydroxyl groups excluding tert-OH is 1. The fraction of sp³-hybridized carbons (Fsp3) is 0.455. The number of esters is 1. The van der Waals surface area contributed by atoms with E-state index in [4.69, 9.17) is 13.9 Å². The fourth-order valence-electron chi connectivity index (χ4n) is 6.15. The maximum absolute atomic E-state index is 13.7. The van der Waals surface area contributed by atoms with E-state index in [2.05, 4.69) is 55.2 Å². The van der Waals surface area contributed by atoms with Crippen LogP contribution in [0.3, 0.4) is 0 Å². The van der Waals surface area contributed by atoms with Crippen LogP contribution in [0, 0.1) is 37.4 Å². The Morgan fingerprint density at radius 1 is 1.16 bits per heavy atom. The van der Waals surface area contributed by atoms with Crippen molar-refractivity contribution in [2.45, 2.75) is 71.3 Å². The zero-order chi connectivity index (χ0) is 32.9. The number of carbonyl (C=O) groups excluding carboxylic acids is 2. The maximum Gasteiger partial charge on any atom is 0.361 e. The fourth-order valence-corrected chi connectivity index (χ4v) is 9.82. The van der Waals surface area contributed by atoms with Gasteiger partial charge in [-0.05, 0) is 83.9 Å². The summed E-state index contributed by atoms with van der Waals surface area (Å²) in [6.45, 7) is 10.5. The van der Waals surface area contributed by atoms with E-state index in [0.717, 1.165) is 27.3 Å². The first-order valence-electron chi connectivity index (χ1n) is 15.2. The first-order chi connectivity index (χ1) is 21.5. The van der Waals surface area contributed by atoms with Gasteiger partial charge in [0.05, 0.1) is 26.6 Å². The van der Waals surface area contributed by atoms with Gasteiger partial charge in [-0.3, -0.25) is 14.9 Å². The van der Waals surface area contributed by atoms with Crippen molar-refractivity contribution in [1.29, 1.82) is 0 Å². The number of nitro benzene ring substituents is 1. The molecule has 0 aromatic heterocycles. The van der Waals surface area contributed by atoms with Crippen molar-refractivity contribution in [3.8, 4) is 23.3 Å². The molecule has 4 atom stereocenters. The molecule has 0 saturated carbocycles. The summed E-state index contributed by atoms with van der Waals surface area (Å²) >= 11 is 2.17. The Morgan fingerprint density at radius 2 is 1.82 bits per heavy atom. The zero-order valence-corrected chi connectivity index (χ0v) is 29.3. The molecule has 2 aliphatic heterocycles. The summed E-state index contributed by atoms with van der Waals surface area (Å²) in [6, 6.07) is 13.4. The number of benzene rings is 2. The van der Waals surface area contributed by atoms with Crippen molar-refractivity contribution in [1.82, 2.24) is 4.90 Å². The third-order valence-electron chi connectivity index (χ3n) is 8.90. The highest BCUT2D eigenvalue weighted by atomic mass is 127. The van der Waals surface area contributed by atoms with Crippen LogP contribution in [0.15, 0.2) is 53.7 Å². The van der Waals surface area contributed by atoms with Crippen LogP contribution in [0.1, 0.15) is 40.2 Å². The van der Waals surface area contributed by atoms with Crippen LogP contribution in [-0.2, 0) is 20.4 Å². The second-order valence-corrected chi connectivity index (χ2v) is 17.2. The number of non-ortho nitro benzene ring substituents is 1. The lowest BCUT2D eigenvalue weighted by Crippen LogP contribution is -2.65. The van der Waals surface area contributed by atoms with E-state index >= 15 is 0 Å². The SMILES string of the molecule is CC[Si](CC)(CC)O[C@H](C)[C@H]1C(=O)N2C(C(=O)Oc3ccc([N+](=O)[O-])cc3)=C(C#CCOc3ccc(CCO)cc3I)[C@H](C)[C@H]12. The molecule has 2 aromatic rings. The van der Waals surface area contributed by atoms with Gasteiger partial charge in [-0.1, -0.05) is 45.6 Å². The van der Waals surface area contributed by atoms with Crippen LogP contribution in [-0.4, -0.2) is 60.5 Å². The second kappa shape index (κ2) is 14.9. The molecule has 2 aromatic carbocycles. The van der Waals surface area contributed by atoms with Gasteiger partial charge in [-0.15, -0.1) is 0 Å². The van der Waals surface area contributed by atoms with Gasteiger partial charge >= 0.3 is 5.97 Å². The summed E-state index contributed by atoms with van der Waals surface area (Å²) in [5, 5.41) is 20.3. The Bertz CT molecular complexity index is 1520. The standard InChI is InChI=1S/C33H39IN2O8Si/c1-6-45(7-2,8-3)44-22(5)29-30-21(4)26(10-9-19-42-28-16-11-23(17-18-37)20-27(28)34)31(35(30)32(29)38)33(39)43-25-14-12-24(13-15-25)36(40)41/h11-16,20-22,29-30,37H,6-8,17-19H2,1-5H3/t21-,22+,29+,30+/m0/s1. The minimum absolute atomic E-state index is 0.0510. The number of nitrogens with zero attached hydrogens (tertiary/aromatic N) is 2. The number of aliphatic hydroxyl groups is 1. The van der Waals surface area contributed by atoms with Gasteiger partial charge in [0.25, 0.3) is 5.69 Å². The Hall–Kier alpha value is -3.25. The van der Waals surface area contributed by atoms with E-state index in [-0.39, 0.29) is 54.3 Å². The van der Waals surface area contributed by atoms with Crippen LogP contribution in [0.4, 0.5) is 5.69 Å². The summed E-state index contributed by atoms with van der Waals surface area (Å²) < 4.78 is 19.1. The van der Waals surface area contributed by atoms with Crippen molar-refractivity contribution >= 4 is 48.5 Å². The van der Waals surface area contributed by atoms with Crippen LogP contribution in [0.25, 0.3) is 0 Å². The van der Waals surface area contributed by atoms with Gasteiger partial charge in [0.1, 0.15) is 23.8 Å². The number of carbonyl (C=O) groups is 2. The van der Waals surface area contributed by atoms with Gasteiger partial charge in [-0.25, -0.2) is 4.79 Å². The number of nitro groups is 1. The molecule has 2 aliphatic rings. The molecular weight excluding hydrogens is 707 g/mol. The van der Waals surface area contributed by atoms with Gasteiger partial charge in [-0.2, -0.15) is 0 Å². The first kappa shape index (κ1) is 34.6. The summed E-state index contributed by atoms with van der Waals surface area (Å²) in [4.78, 5) is 39.3. The normalized spacial score (nSPS) is 19.8. The van der Waals surface area contributed by atoms with Crippen LogP contribution in [0.5, 0.6) is 11.5 Å². The van der Waals surface area contributed by atoms with E-state index in [1.54, 1.807) is 0 Å². The summed E-state index contributed by atoms with van der Waals surface area (Å²) in [7, 11) is -1.99. The quantitative estimate of drug-likeness (QED) is 0.0395. The van der Waals surface area contributed by atoms with Crippen LogP contribution < -0.4 is 9.47 Å². The highest BCUT2D eigenvalue weighted by Gasteiger charge is 2.61. The zero-order valence-electron chi connectivity index (χ0n) is 26.2. The lowest BCUT2D eigenvalue weighted by Gasteiger charge is -2.49. The van der Waals surface area contributed by atoms with Gasteiger partial charge in [0.15, 0.2) is 8.32 Å². The minimum Gasteiger partial charge on any atom is -0.480 e. The third kappa shape index (κ3) is 7.27. The molecule has 1 amide bonds. The minimum atomic E-state index is -1.99. The van der Waals surface area contributed by atoms with E-state index in [1.165, 1.54) is 29.2 Å². The molecule has 10 nitrogen and oxygen atoms in total. The lowest BCUT2D eigenvalue weighted by molar-refractivity contribution is -0.384. The van der Waals surface area contributed by atoms with E-state index in [9.17, 15) is 24.8 Å². The number of ether oxygens (including phenoxy) is 2. The average molecular weight is 747 g/mol. The molecule has 45 heavy (non-hydrogen) atoms. The number of hydrogen-bond acceptors (Lipinski definition) is 8. The Morgan fingerprint density at radius 3 is 2.40 bits per heavy atom. The number of halogens is 1. The highest BCUT2D eigenvalue weighted by Crippen LogP contribution is 2.48. The molecule has 2 heterocycles. The van der Waals surface area contributed by atoms with Crippen molar-refractivity contribution in [2.75, 3.05) is 13.2 Å². The van der Waals surface area contributed by atoms with Crippen molar-refractivity contribution in [3.63, 3.8) is 0 Å². The number of amides is 1. The average Bonchev–Trinajstić information content (AvgIpc) is 3.27. The molecule has 4 rings (SSSR count). The Labute approximate surface area is 278 Å². The van der Waals surface area contributed by atoms with Gasteiger partial charge in [0, 0.05) is 30.2 Å². The Balaban J connectivity index is 1.60. The van der Waals surface area contributed by atoms with E-state index in [1.807, 2.05) is 32.0 Å². The molecule has 1 fully saturated rings. The molecule has 240 valence electrons. The Kier molecular flexibility index (Phi) is 11.5. The van der Waals surface area contributed by atoms with Crippen molar-refractivity contribution in [3.05, 3.63) is 73.0 Å². The van der Waals surface area contributed by atoms with Crippen LogP contribution >= 0.6 is 22.6 Å². The molecule has 0 spiro atoms. The topological polar surface area (TPSA) is 128 Å². The lowest BCUT2D eigenvalue weighted by atomic mass is 9.78. The molecular formula is C33H39IN2O8Si. The molecule has 12 heteroatoms. The molecule has 0 aliphatic carbocycles. The first-order valence-corrected chi connectivity index (χ1v) is 18.8. The number of rotatable bonds is 13. The maximum atomic E-state index is 13.7. The largest absolute Gasteiger partial charge is 0.480 e. The van der Waals surface area contributed by atoms with E-state index < -0.39 is 25.1 Å². The number of β-lactam (4-membered cyclic amide) rings is 1. The summed E-state index contributed by atoms with van der Waals surface area (Å²) in [5.41, 5.74) is 1.44. The number of hydrogen-bond donors (Lipinski definition) is 1. The molecule has 0 unspecified atom stereocenters. The molecule has 1 N–H and O–H groups in total. The molecule has 1 saturated heterocycles. The third-order valence-corrected chi connectivity index (χ3v) is 14.5. The highest BCUT2D eigenvalue weighted by molar-refractivity contribution is 14.1. The molecule has 0 radical (unpaired) electrons. The number of fused-ring (bicyclic) bond motifs is 1. The van der Waals surface area contributed by atoms with Gasteiger partial charge in [0.2, 0.25) is 5.91 Å². The summed E-state index contributed by atoms with van der Waals surface area (Å²) in [5.74, 6) is 5.26. The van der Waals surface area contributed by atoms with E-state index in [0.29, 0.717) is 17.7 Å². The van der Waals surface area contributed by atoms with Crippen molar-refractivity contribution < 1.29 is 33.5 Å².